The molecule has 0 spiro atoms. The van der Waals surface area contributed by atoms with E-state index in [1.165, 1.54) is 19.1 Å². The Morgan fingerprint density at radius 1 is 0.970 bits per heavy atom. The summed E-state index contributed by atoms with van der Waals surface area (Å²) in [5, 5.41) is 0.646. The second-order valence-corrected chi connectivity index (χ2v) is 9.01. The standard InChI is InChI=1S/C27H22ClFN2O2/c1-16(32)31-24-5-3-2-4-22(24)30-23-14-19(17-6-10-20(28)11-7-17)15-25(33)26(23)27(31)18-8-12-21(29)13-9-18/h2-13,19,26-27H,14-15H2,1H3. The number of hydrogen-bond acceptors (Lipinski definition) is 3. The van der Waals surface area contributed by atoms with Gasteiger partial charge in [-0.25, -0.2) is 4.39 Å². The molecule has 166 valence electrons. The number of rotatable bonds is 2. The Labute approximate surface area is 196 Å². The Morgan fingerprint density at radius 3 is 2.33 bits per heavy atom. The fourth-order valence-electron chi connectivity index (χ4n) is 5.03. The molecule has 1 heterocycles. The number of anilines is 1. The van der Waals surface area contributed by atoms with Crippen molar-refractivity contribution in [2.24, 2.45) is 10.9 Å². The summed E-state index contributed by atoms with van der Waals surface area (Å²) in [7, 11) is 0. The van der Waals surface area contributed by atoms with Gasteiger partial charge in [-0.1, -0.05) is 48.0 Å². The van der Waals surface area contributed by atoms with Gasteiger partial charge in [0.2, 0.25) is 5.91 Å². The third-order valence-electron chi connectivity index (χ3n) is 6.50. The van der Waals surface area contributed by atoms with Gasteiger partial charge in [0.15, 0.2) is 0 Å². The summed E-state index contributed by atoms with van der Waals surface area (Å²) < 4.78 is 13.7. The molecule has 1 saturated carbocycles. The molecule has 0 N–H and O–H groups in total. The quantitative estimate of drug-likeness (QED) is 0.443. The topological polar surface area (TPSA) is 49.7 Å². The van der Waals surface area contributed by atoms with Crippen molar-refractivity contribution in [1.82, 2.24) is 0 Å². The van der Waals surface area contributed by atoms with E-state index in [1.54, 1.807) is 17.0 Å². The third kappa shape index (κ3) is 3.98. The summed E-state index contributed by atoms with van der Waals surface area (Å²) in [6.45, 7) is 1.49. The predicted octanol–water partition coefficient (Wildman–Crippen LogP) is 6.42. The lowest BCUT2D eigenvalue weighted by Gasteiger charge is -2.38. The molecule has 0 aromatic heterocycles. The second kappa shape index (κ2) is 8.56. The summed E-state index contributed by atoms with van der Waals surface area (Å²) >= 11 is 6.06. The van der Waals surface area contributed by atoms with Crippen LogP contribution in [0, 0.1) is 11.7 Å². The molecular formula is C27H22ClFN2O2. The van der Waals surface area contributed by atoms with E-state index in [9.17, 15) is 14.0 Å². The van der Waals surface area contributed by atoms with E-state index in [-0.39, 0.29) is 23.4 Å². The lowest BCUT2D eigenvalue weighted by atomic mass is 9.72. The normalized spacial score (nSPS) is 22.2. The fraction of sp³-hybridized carbons (Fsp3) is 0.222. The molecule has 1 aliphatic heterocycles. The average molecular weight is 461 g/mol. The summed E-state index contributed by atoms with van der Waals surface area (Å²) in [6.07, 6.45) is 0.931. The van der Waals surface area contributed by atoms with Crippen LogP contribution in [0.1, 0.15) is 42.9 Å². The zero-order chi connectivity index (χ0) is 23.1. The minimum atomic E-state index is -0.602. The monoisotopic (exact) mass is 460 g/mol. The minimum absolute atomic E-state index is 0.0188. The molecule has 5 rings (SSSR count). The highest BCUT2D eigenvalue weighted by molar-refractivity contribution is 6.30. The first-order valence-corrected chi connectivity index (χ1v) is 11.3. The first-order chi connectivity index (χ1) is 15.9. The number of Topliss-reactive ketones (excluding diaryl/α,β-unsaturated/α-hetero) is 1. The van der Waals surface area contributed by atoms with E-state index in [4.69, 9.17) is 16.6 Å². The Kier molecular flexibility index (Phi) is 5.59. The van der Waals surface area contributed by atoms with E-state index in [0.29, 0.717) is 34.8 Å². The first-order valence-electron chi connectivity index (χ1n) is 10.9. The van der Waals surface area contributed by atoms with Crippen LogP contribution in [0.5, 0.6) is 0 Å². The summed E-state index contributed by atoms with van der Waals surface area (Å²) in [5.74, 6) is -1.16. The highest BCUT2D eigenvalue weighted by atomic mass is 35.5. The van der Waals surface area contributed by atoms with Crippen molar-refractivity contribution in [2.45, 2.75) is 31.7 Å². The van der Waals surface area contributed by atoms with Crippen LogP contribution in [0.2, 0.25) is 5.02 Å². The lowest BCUT2D eigenvalue weighted by molar-refractivity contribution is -0.123. The van der Waals surface area contributed by atoms with Gasteiger partial charge in [0.25, 0.3) is 0 Å². The molecule has 33 heavy (non-hydrogen) atoms. The molecular weight excluding hydrogens is 439 g/mol. The summed E-state index contributed by atoms with van der Waals surface area (Å²) in [4.78, 5) is 33.2. The van der Waals surface area contributed by atoms with Crippen molar-refractivity contribution < 1.29 is 14.0 Å². The zero-order valence-electron chi connectivity index (χ0n) is 18.0. The van der Waals surface area contributed by atoms with Gasteiger partial charge in [-0.2, -0.15) is 0 Å². The summed E-state index contributed by atoms with van der Waals surface area (Å²) in [6, 6.07) is 20.4. The predicted molar refractivity (Wildman–Crippen MR) is 128 cm³/mol. The maximum Gasteiger partial charge on any atom is 0.224 e. The van der Waals surface area contributed by atoms with Crippen LogP contribution in [0.3, 0.4) is 0 Å². The van der Waals surface area contributed by atoms with Gasteiger partial charge in [-0.15, -0.1) is 0 Å². The minimum Gasteiger partial charge on any atom is -0.302 e. The van der Waals surface area contributed by atoms with Gasteiger partial charge in [0.05, 0.1) is 23.3 Å². The SMILES string of the molecule is CC(=O)N1c2ccccc2N=C2CC(c3ccc(Cl)cc3)CC(=O)C2C1c1ccc(F)cc1. The number of aliphatic imine (C=N–C) groups is 1. The third-order valence-corrected chi connectivity index (χ3v) is 6.75. The van der Waals surface area contributed by atoms with Crippen LogP contribution in [-0.4, -0.2) is 17.4 Å². The maximum atomic E-state index is 13.7. The number of carbonyl (C=O) groups excluding carboxylic acids is 2. The number of nitrogens with zero attached hydrogens (tertiary/aromatic N) is 2. The van der Waals surface area contributed by atoms with Crippen LogP contribution in [-0.2, 0) is 9.59 Å². The smallest absolute Gasteiger partial charge is 0.224 e. The van der Waals surface area contributed by atoms with E-state index < -0.39 is 12.0 Å². The number of para-hydroxylation sites is 2. The van der Waals surface area contributed by atoms with Crippen LogP contribution in [0.15, 0.2) is 77.8 Å². The largest absolute Gasteiger partial charge is 0.302 e. The van der Waals surface area contributed by atoms with Crippen LogP contribution in [0.25, 0.3) is 0 Å². The number of hydrogen-bond donors (Lipinski definition) is 0. The molecule has 1 amide bonds. The molecule has 3 atom stereocenters. The molecule has 4 nitrogen and oxygen atoms in total. The van der Waals surface area contributed by atoms with Crippen molar-refractivity contribution in [2.75, 3.05) is 4.90 Å². The number of benzene rings is 3. The molecule has 1 aliphatic carbocycles. The molecule has 3 aromatic rings. The number of carbonyl (C=O) groups is 2. The van der Waals surface area contributed by atoms with Gasteiger partial charge in [0.1, 0.15) is 11.6 Å². The van der Waals surface area contributed by atoms with E-state index in [1.807, 2.05) is 48.5 Å². The molecule has 2 aliphatic rings. The van der Waals surface area contributed by atoms with Gasteiger partial charge in [-0.3, -0.25) is 14.6 Å². The number of halogens is 2. The maximum absolute atomic E-state index is 13.7. The molecule has 3 unspecified atom stereocenters. The van der Waals surface area contributed by atoms with Crippen molar-refractivity contribution in [1.29, 1.82) is 0 Å². The van der Waals surface area contributed by atoms with Gasteiger partial charge < -0.3 is 4.90 Å². The van der Waals surface area contributed by atoms with Gasteiger partial charge >= 0.3 is 0 Å². The molecule has 0 radical (unpaired) electrons. The second-order valence-electron chi connectivity index (χ2n) is 8.58. The Morgan fingerprint density at radius 2 is 1.64 bits per heavy atom. The van der Waals surface area contributed by atoms with E-state index >= 15 is 0 Å². The van der Waals surface area contributed by atoms with Crippen molar-refractivity contribution in [3.05, 3.63) is 94.8 Å². The van der Waals surface area contributed by atoms with Crippen LogP contribution >= 0.6 is 11.6 Å². The molecule has 0 bridgehead atoms. The highest BCUT2D eigenvalue weighted by Gasteiger charge is 2.45. The molecule has 0 saturated heterocycles. The first kappa shape index (κ1) is 21.5. The average Bonchev–Trinajstić information content (AvgIpc) is 2.94. The molecule has 3 aromatic carbocycles. The van der Waals surface area contributed by atoms with Gasteiger partial charge in [-0.05, 0) is 59.9 Å². The van der Waals surface area contributed by atoms with Crippen LogP contribution < -0.4 is 4.90 Å². The van der Waals surface area contributed by atoms with Crippen LogP contribution in [0.4, 0.5) is 15.8 Å². The number of fused-ring (bicyclic) bond motifs is 2. The highest BCUT2D eigenvalue weighted by Crippen LogP contribution is 2.47. The Balaban J connectivity index is 1.66. The van der Waals surface area contributed by atoms with E-state index in [2.05, 4.69) is 0 Å². The van der Waals surface area contributed by atoms with Crippen molar-refractivity contribution >= 4 is 40.4 Å². The number of ketones is 1. The van der Waals surface area contributed by atoms with Crippen molar-refractivity contribution in [3.63, 3.8) is 0 Å². The van der Waals surface area contributed by atoms with E-state index in [0.717, 1.165) is 11.3 Å². The molecule has 6 heteroatoms. The van der Waals surface area contributed by atoms with Gasteiger partial charge in [0, 0.05) is 24.1 Å². The number of amides is 1. The van der Waals surface area contributed by atoms with Crippen molar-refractivity contribution in [3.8, 4) is 0 Å². The fourth-order valence-corrected chi connectivity index (χ4v) is 5.16. The summed E-state index contributed by atoms with van der Waals surface area (Å²) in [5.41, 5.74) is 3.79. The lowest BCUT2D eigenvalue weighted by Crippen LogP contribution is -2.45. The Bertz CT molecular complexity index is 1250. The Hall–Kier alpha value is -3.31. The zero-order valence-corrected chi connectivity index (χ0v) is 18.8. The molecule has 1 fully saturated rings.